The predicted octanol–water partition coefficient (Wildman–Crippen LogP) is 1.61. The van der Waals surface area contributed by atoms with E-state index in [2.05, 4.69) is 15.9 Å². The number of epoxide rings is 1. The van der Waals surface area contributed by atoms with Gasteiger partial charge in [-0.3, -0.25) is 0 Å². The Morgan fingerprint density at radius 1 is 1.47 bits per heavy atom. The van der Waals surface area contributed by atoms with Crippen LogP contribution in [-0.4, -0.2) is 39.0 Å². The van der Waals surface area contributed by atoms with Gasteiger partial charge in [0.1, 0.15) is 0 Å². The maximum absolute atomic E-state index is 12.1. The second-order valence-electron chi connectivity index (χ2n) is 4.08. The zero-order chi connectivity index (χ0) is 12.5. The van der Waals surface area contributed by atoms with E-state index in [1.54, 1.807) is 7.05 Å². The minimum Gasteiger partial charge on any atom is -0.372 e. The van der Waals surface area contributed by atoms with Gasteiger partial charge in [-0.15, -0.1) is 0 Å². The van der Waals surface area contributed by atoms with Crippen molar-refractivity contribution in [2.75, 3.05) is 20.2 Å². The zero-order valence-corrected chi connectivity index (χ0v) is 11.9. The van der Waals surface area contributed by atoms with Crippen LogP contribution in [0.4, 0.5) is 0 Å². The van der Waals surface area contributed by atoms with E-state index < -0.39 is 10.0 Å². The third-order valence-electron chi connectivity index (χ3n) is 2.63. The maximum Gasteiger partial charge on any atom is 0.218 e. The minimum absolute atomic E-state index is 0.0116. The Balaban J connectivity index is 2.08. The largest absolute Gasteiger partial charge is 0.372 e. The summed E-state index contributed by atoms with van der Waals surface area (Å²) in [7, 11) is -1.68. The van der Waals surface area contributed by atoms with Crippen molar-refractivity contribution in [2.45, 2.75) is 11.9 Å². The van der Waals surface area contributed by atoms with Crippen molar-refractivity contribution in [3.8, 4) is 0 Å². The van der Waals surface area contributed by atoms with Gasteiger partial charge in [-0.1, -0.05) is 34.1 Å². The molecule has 1 saturated heterocycles. The van der Waals surface area contributed by atoms with Crippen LogP contribution in [0.5, 0.6) is 0 Å². The molecule has 6 heteroatoms. The second kappa shape index (κ2) is 5.06. The van der Waals surface area contributed by atoms with Crippen LogP contribution < -0.4 is 0 Å². The molecule has 1 unspecified atom stereocenters. The quantitative estimate of drug-likeness (QED) is 0.775. The summed E-state index contributed by atoms with van der Waals surface area (Å²) < 4.78 is 31.3. The highest BCUT2D eigenvalue weighted by Gasteiger charge is 2.29. The highest BCUT2D eigenvalue weighted by atomic mass is 79.9. The third kappa shape index (κ3) is 3.51. The van der Waals surface area contributed by atoms with Crippen molar-refractivity contribution in [1.82, 2.24) is 4.31 Å². The monoisotopic (exact) mass is 319 g/mol. The molecule has 1 aromatic carbocycles. The molecule has 1 aromatic rings. The van der Waals surface area contributed by atoms with Crippen molar-refractivity contribution in [3.05, 3.63) is 34.3 Å². The zero-order valence-electron chi connectivity index (χ0n) is 9.47. The van der Waals surface area contributed by atoms with Gasteiger partial charge in [-0.25, -0.2) is 12.7 Å². The molecule has 1 atom stereocenters. The van der Waals surface area contributed by atoms with Gasteiger partial charge in [0, 0.05) is 18.1 Å². The molecule has 1 aliphatic heterocycles. The fourth-order valence-electron chi connectivity index (χ4n) is 1.50. The number of likely N-dealkylation sites (N-methyl/N-ethyl adjacent to an activating group) is 1. The lowest BCUT2D eigenvalue weighted by atomic mass is 10.2. The summed E-state index contributed by atoms with van der Waals surface area (Å²) in [6.07, 6.45) is 0.0778. The number of rotatable bonds is 5. The summed E-state index contributed by atoms with van der Waals surface area (Å²) in [4.78, 5) is 0. The minimum atomic E-state index is -3.27. The molecule has 2 rings (SSSR count). The average molecular weight is 320 g/mol. The molecule has 1 fully saturated rings. The first-order valence-electron chi connectivity index (χ1n) is 5.28. The van der Waals surface area contributed by atoms with E-state index in [9.17, 15) is 8.42 Å². The molecule has 94 valence electrons. The standard InChI is InChI=1S/C11H14BrNO3S/c1-13(6-10-7-16-10)17(14,15)8-9-4-2-3-5-11(9)12/h2-5,10H,6-8H2,1H3. The summed E-state index contributed by atoms with van der Waals surface area (Å²) in [6, 6.07) is 7.35. The fourth-order valence-corrected chi connectivity index (χ4v) is 3.37. The van der Waals surface area contributed by atoms with E-state index in [4.69, 9.17) is 4.74 Å². The lowest BCUT2D eigenvalue weighted by Crippen LogP contribution is -2.31. The summed E-state index contributed by atoms with van der Waals surface area (Å²) in [5, 5.41) is 0. The fraction of sp³-hybridized carbons (Fsp3) is 0.455. The van der Waals surface area contributed by atoms with E-state index in [0.29, 0.717) is 13.2 Å². The van der Waals surface area contributed by atoms with Crippen LogP contribution in [0.25, 0.3) is 0 Å². The first-order chi connectivity index (χ1) is 7.99. The SMILES string of the molecule is CN(CC1CO1)S(=O)(=O)Cc1ccccc1Br. The predicted molar refractivity (Wildman–Crippen MR) is 69.1 cm³/mol. The van der Waals surface area contributed by atoms with Crippen molar-refractivity contribution < 1.29 is 13.2 Å². The number of nitrogens with zero attached hydrogens (tertiary/aromatic N) is 1. The molecule has 0 radical (unpaired) electrons. The Kier molecular flexibility index (Phi) is 3.87. The molecule has 0 N–H and O–H groups in total. The van der Waals surface area contributed by atoms with Gasteiger partial charge in [0.15, 0.2) is 0 Å². The highest BCUT2D eigenvalue weighted by Crippen LogP contribution is 2.20. The van der Waals surface area contributed by atoms with Crippen molar-refractivity contribution in [1.29, 1.82) is 0 Å². The van der Waals surface area contributed by atoms with Crippen LogP contribution in [0.1, 0.15) is 5.56 Å². The van der Waals surface area contributed by atoms with Crippen LogP contribution in [0.15, 0.2) is 28.7 Å². The normalized spacial score (nSPS) is 19.6. The molecule has 0 spiro atoms. The smallest absolute Gasteiger partial charge is 0.218 e. The lowest BCUT2D eigenvalue weighted by Gasteiger charge is -2.16. The van der Waals surface area contributed by atoms with E-state index in [-0.39, 0.29) is 11.9 Å². The van der Waals surface area contributed by atoms with Crippen LogP contribution >= 0.6 is 15.9 Å². The summed E-state index contributed by atoms with van der Waals surface area (Å²) >= 11 is 3.35. The Morgan fingerprint density at radius 3 is 2.71 bits per heavy atom. The highest BCUT2D eigenvalue weighted by molar-refractivity contribution is 9.10. The van der Waals surface area contributed by atoms with Gasteiger partial charge < -0.3 is 4.74 Å². The van der Waals surface area contributed by atoms with Crippen molar-refractivity contribution in [3.63, 3.8) is 0 Å². The van der Waals surface area contributed by atoms with Crippen molar-refractivity contribution >= 4 is 26.0 Å². The Labute approximate surface area is 110 Å². The number of ether oxygens (including phenoxy) is 1. The molecule has 4 nitrogen and oxygen atoms in total. The third-order valence-corrected chi connectivity index (χ3v) is 5.18. The van der Waals surface area contributed by atoms with Crippen LogP contribution in [-0.2, 0) is 20.5 Å². The van der Waals surface area contributed by atoms with Gasteiger partial charge in [0.25, 0.3) is 0 Å². The molecular weight excluding hydrogens is 306 g/mol. The van der Waals surface area contributed by atoms with Crippen LogP contribution in [0, 0.1) is 0 Å². The molecule has 0 bridgehead atoms. The molecule has 1 heterocycles. The van der Waals surface area contributed by atoms with Crippen molar-refractivity contribution in [2.24, 2.45) is 0 Å². The topological polar surface area (TPSA) is 49.9 Å². The summed E-state index contributed by atoms with van der Waals surface area (Å²) in [5.41, 5.74) is 0.774. The lowest BCUT2D eigenvalue weighted by molar-refractivity contribution is 0.359. The van der Waals surface area contributed by atoms with Crippen LogP contribution in [0.2, 0.25) is 0 Å². The van der Waals surface area contributed by atoms with Crippen LogP contribution in [0.3, 0.4) is 0 Å². The molecule has 0 amide bonds. The molecule has 17 heavy (non-hydrogen) atoms. The van der Waals surface area contributed by atoms with Gasteiger partial charge in [0.2, 0.25) is 10.0 Å². The van der Waals surface area contributed by atoms with Gasteiger partial charge in [0.05, 0.1) is 18.5 Å². The second-order valence-corrected chi connectivity index (χ2v) is 7.01. The summed E-state index contributed by atoms with van der Waals surface area (Å²) in [5.74, 6) is 0.0116. The molecule has 1 aliphatic rings. The number of halogens is 1. The Morgan fingerprint density at radius 2 is 2.12 bits per heavy atom. The van der Waals surface area contributed by atoms with E-state index in [0.717, 1.165) is 10.0 Å². The van der Waals surface area contributed by atoms with Gasteiger partial charge >= 0.3 is 0 Å². The Bertz CT molecular complexity index is 499. The maximum atomic E-state index is 12.1. The molecule has 0 aliphatic carbocycles. The number of hydrogen-bond acceptors (Lipinski definition) is 3. The van der Waals surface area contributed by atoms with E-state index in [1.807, 2.05) is 24.3 Å². The first-order valence-corrected chi connectivity index (χ1v) is 7.68. The molecule has 0 aromatic heterocycles. The van der Waals surface area contributed by atoms with E-state index >= 15 is 0 Å². The van der Waals surface area contributed by atoms with E-state index in [1.165, 1.54) is 4.31 Å². The summed E-state index contributed by atoms with van der Waals surface area (Å²) in [6.45, 7) is 1.10. The number of sulfonamides is 1. The van der Waals surface area contributed by atoms with Gasteiger partial charge in [-0.2, -0.15) is 0 Å². The van der Waals surface area contributed by atoms with Gasteiger partial charge in [-0.05, 0) is 11.6 Å². The number of benzene rings is 1. The molecular formula is C11H14BrNO3S. The average Bonchev–Trinajstić information content (AvgIpc) is 3.05. The molecule has 0 saturated carbocycles. The number of hydrogen-bond donors (Lipinski definition) is 0. The Hall–Kier alpha value is -0.430. The first kappa shape index (κ1) is 13.0.